The van der Waals surface area contributed by atoms with Crippen molar-refractivity contribution in [1.29, 1.82) is 5.26 Å². The van der Waals surface area contributed by atoms with Crippen molar-refractivity contribution in [3.8, 4) is 6.07 Å². The van der Waals surface area contributed by atoms with E-state index in [4.69, 9.17) is 15.5 Å². The molecule has 0 aliphatic heterocycles. The van der Waals surface area contributed by atoms with Crippen molar-refractivity contribution in [3.63, 3.8) is 0 Å². The highest BCUT2D eigenvalue weighted by molar-refractivity contribution is 5.96. The van der Waals surface area contributed by atoms with Crippen LogP contribution in [0, 0.1) is 18.3 Å². The maximum atomic E-state index is 11.8. The van der Waals surface area contributed by atoms with Crippen LogP contribution >= 0.6 is 0 Å². The van der Waals surface area contributed by atoms with Crippen LogP contribution in [0.3, 0.4) is 0 Å². The van der Waals surface area contributed by atoms with Gasteiger partial charge in [-0.05, 0) is 19.1 Å². The molecule has 0 fully saturated rings. The van der Waals surface area contributed by atoms with Crippen molar-refractivity contribution in [3.05, 3.63) is 29.1 Å². The molecule has 1 rings (SSSR count). The van der Waals surface area contributed by atoms with Crippen LogP contribution < -0.4 is 5.32 Å². The quantitative estimate of drug-likeness (QED) is 0.683. The molecule has 1 aromatic heterocycles. The van der Waals surface area contributed by atoms with Crippen molar-refractivity contribution in [2.75, 3.05) is 0 Å². The summed E-state index contributed by atoms with van der Waals surface area (Å²) in [5.74, 6) is -3.61. The highest BCUT2D eigenvalue weighted by Gasteiger charge is 2.24. The first-order chi connectivity index (χ1) is 9.35. The highest BCUT2D eigenvalue weighted by atomic mass is 16.4. The molecule has 0 spiro atoms. The third-order valence-corrected chi connectivity index (χ3v) is 2.42. The molecule has 8 heteroatoms. The van der Waals surface area contributed by atoms with Crippen LogP contribution in [-0.2, 0) is 9.59 Å². The molecule has 1 atom stereocenters. The number of rotatable bonds is 5. The van der Waals surface area contributed by atoms with E-state index in [1.54, 1.807) is 0 Å². The molecule has 0 saturated heterocycles. The fraction of sp³-hybridized carbons (Fsp3) is 0.250. The number of hydrogen-bond donors (Lipinski definition) is 3. The number of aromatic nitrogens is 1. The topological polar surface area (TPSA) is 140 Å². The standard InChI is InChI=1S/C12H11N3O5/c1-6-7(5-13)2-3-8(14-6)11(18)15-9(12(19)20)4-10(16)17/h2-3,9H,4H2,1H3,(H,15,18)(H,16,17)(H,19,20)/t9-/m0/s1. The lowest BCUT2D eigenvalue weighted by Crippen LogP contribution is -2.42. The van der Waals surface area contributed by atoms with Crippen molar-refractivity contribution in [2.24, 2.45) is 0 Å². The number of nitrogens with one attached hydrogen (secondary N) is 1. The zero-order valence-corrected chi connectivity index (χ0v) is 10.5. The second-order valence-corrected chi connectivity index (χ2v) is 3.90. The molecule has 20 heavy (non-hydrogen) atoms. The second kappa shape index (κ2) is 6.29. The van der Waals surface area contributed by atoms with Gasteiger partial charge in [-0.3, -0.25) is 9.59 Å². The van der Waals surface area contributed by atoms with Gasteiger partial charge in [-0.25, -0.2) is 9.78 Å². The number of pyridine rings is 1. The van der Waals surface area contributed by atoms with Crippen molar-refractivity contribution >= 4 is 17.8 Å². The van der Waals surface area contributed by atoms with Gasteiger partial charge in [0, 0.05) is 0 Å². The number of aryl methyl sites for hydroxylation is 1. The first-order valence-corrected chi connectivity index (χ1v) is 5.48. The lowest BCUT2D eigenvalue weighted by molar-refractivity contribution is -0.145. The minimum atomic E-state index is -1.54. The first kappa shape index (κ1) is 15.1. The van der Waals surface area contributed by atoms with E-state index in [2.05, 4.69) is 10.3 Å². The normalized spacial score (nSPS) is 11.2. The van der Waals surface area contributed by atoms with Crippen molar-refractivity contribution in [1.82, 2.24) is 10.3 Å². The Morgan fingerprint density at radius 2 is 2.05 bits per heavy atom. The Morgan fingerprint density at radius 1 is 1.40 bits per heavy atom. The van der Waals surface area contributed by atoms with Crippen LogP contribution in [0.25, 0.3) is 0 Å². The van der Waals surface area contributed by atoms with E-state index in [-0.39, 0.29) is 5.69 Å². The predicted octanol–water partition coefficient (Wildman–Crippen LogP) is -0.0806. The van der Waals surface area contributed by atoms with E-state index >= 15 is 0 Å². The fourth-order valence-corrected chi connectivity index (χ4v) is 1.41. The van der Waals surface area contributed by atoms with Gasteiger partial charge in [-0.2, -0.15) is 5.26 Å². The first-order valence-electron chi connectivity index (χ1n) is 5.48. The average molecular weight is 277 g/mol. The Hall–Kier alpha value is -2.95. The van der Waals surface area contributed by atoms with Gasteiger partial charge in [0.2, 0.25) is 0 Å². The Bertz CT molecular complexity index is 606. The van der Waals surface area contributed by atoms with Crippen LogP contribution in [0.1, 0.15) is 28.2 Å². The maximum Gasteiger partial charge on any atom is 0.326 e. The van der Waals surface area contributed by atoms with Gasteiger partial charge in [0.25, 0.3) is 5.91 Å². The number of amides is 1. The third kappa shape index (κ3) is 3.78. The monoisotopic (exact) mass is 277 g/mol. The van der Waals surface area contributed by atoms with Gasteiger partial charge in [0.1, 0.15) is 17.8 Å². The van der Waals surface area contributed by atoms with Gasteiger partial charge >= 0.3 is 11.9 Å². The molecular weight excluding hydrogens is 266 g/mol. The largest absolute Gasteiger partial charge is 0.481 e. The summed E-state index contributed by atoms with van der Waals surface area (Å²) in [7, 11) is 0. The van der Waals surface area contributed by atoms with E-state index in [1.165, 1.54) is 19.1 Å². The number of aliphatic carboxylic acids is 2. The lowest BCUT2D eigenvalue weighted by atomic mass is 10.1. The molecule has 1 amide bonds. The molecular formula is C12H11N3O5. The summed E-state index contributed by atoms with van der Waals surface area (Å²) >= 11 is 0. The van der Waals surface area contributed by atoms with Gasteiger partial charge in [-0.15, -0.1) is 0 Å². The number of nitriles is 1. The molecule has 0 radical (unpaired) electrons. The van der Waals surface area contributed by atoms with Gasteiger partial charge in [-0.1, -0.05) is 0 Å². The third-order valence-electron chi connectivity index (χ3n) is 2.42. The van der Waals surface area contributed by atoms with Crippen LogP contribution in [0.4, 0.5) is 0 Å². The van der Waals surface area contributed by atoms with E-state index < -0.39 is 30.3 Å². The molecule has 0 aromatic carbocycles. The predicted molar refractivity (Wildman–Crippen MR) is 64.8 cm³/mol. The number of carboxylic acid groups (broad SMARTS) is 2. The smallest absolute Gasteiger partial charge is 0.326 e. The van der Waals surface area contributed by atoms with Crippen LogP contribution in [0.5, 0.6) is 0 Å². The van der Waals surface area contributed by atoms with Crippen molar-refractivity contribution < 1.29 is 24.6 Å². The molecule has 0 aliphatic rings. The number of carboxylic acids is 2. The average Bonchev–Trinajstić information content (AvgIpc) is 2.37. The van der Waals surface area contributed by atoms with Gasteiger partial charge in [0.05, 0.1) is 17.7 Å². The fourth-order valence-electron chi connectivity index (χ4n) is 1.41. The molecule has 3 N–H and O–H groups in total. The summed E-state index contributed by atoms with van der Waals surface area (Å²) in [5, 5.41) is 28.2. The van der Waals surface area contributed by atoms with Crippen LogP contribution in [-0.4, -0.2) is 39.1 Å². The zero-order chi connectivity index (χ0) is 15.3. The molecule has 0 saturated carbocycles. The minimum absolute atomic E-state index is 0.0851. The summed E-state index contributed by atoms with van der Waals surface area (Å²) in [6.07, 6.45) is -0.740. The lowest BCUT2D eigenvalue weighted by Gasteiger charge is -2.12. The molecule has 0 bridgehead atoms. The van der Waals surface area contributed by atoms with E-state index in [1.807, 2.05) is 6.07 Å². The highest BCUT2D eigenvalue weighted by Crippen LogP contribution is 2.06. The summed E-state index contributed by atoms with van der Waals surface area (Å²) in [6.45, 7) is 1.53. The Labute approximate surface area is 113 Å². The van der Waals surface area contributed by atoms with Gasteiger partial charge < -0.3 is 15.5 Å². The molecule has 8 nitrogen and oxygen atoms in total. The number of hydrogen-bond acceptors (Lipinski definition) is 5. The van der Waals surface area contributed by atoms with Crippen LogP contribution in [0.15, 0.2) is 12.1 Å². The van der Waals surface area contributed by atoms with E-state index in [9.17, 15) is 14.4 Å². The molecule has 0 aliphatic carbocycles. The number of carbonyl (C=O) groups excluding carboxylic acids is 1. The summed E-state index contributed by atoms with van der Waals surface area (Å²) in [5.41, 5.74) is 0.533. The minimum Gasteiger partial charge on any atom is -0.481 e. The summed E-state index contributed by atoms with van der Waals surface area (Å²) < 4.78 is 0. The molecule has 0 unspecified atom stereocenters. The number of carbonyl (C=O) groups is 3. The summed E-state index contributed by atoms with van der Waals surface area (Å²) in [4.78, 5) is 37.0. The molecule has 1 aromatic rings. The summed E-state index contributed by atoms with van der Waals surface area (Å²) in [6, 6.07) is 2.98. The SMILES string of the molecule is Cc1nc(C(=O)N[C@@H](CC(=O)O)C(=O)O)ccc1C#N. The Balaban J connectivity index is 2.89. The zero-order valence-electron chi connectivity index (χ0n) is 10.5. The van der Waals surface area contributed by atoms with E-state index in [0.717, 1.165) is 0 Å². The Kier molecular flexibility index (Phi) is 4.75. The molecule has 104 valence electrons. The van der Waals surface area contributed by atoms with Gasteiger partial charge in [0.15, 0.2) is 0 Å². The molecule has 1 heterocycles. The number of nitrogens with zero attached hydrogens (tertiary/aromatic N) is 2. The van der Waals surface area contributed by atoms with Crippen molar-refractivity contribution in [2.45, 2.75) is 19.4 Å². The Morgan fingerprint density at radius 3 is 2.50 bits per heavy atom. The van der Waals surface area contributed by atoms with E-state index in [0.29, 0.717) is 11.3 Å². The maximum absolute atomic E-state index is 11.8. The second-order valence-electron chi connectivity index (χ2n) is 3.90. The van der Waals surface area contributed by atoms with Crippen LogP contribution in [0.2, 0.25) is 0 Å².